The third-order valence-electron chi connectivity index (χ3n) is 4.01. The van der Waals surface area contributed by atoms with E-state index in [1.54, 1.807) is 11.8 Å². The molecule has 122 valence electrons. The summed E-state index contributed by atoms with van der Waals surface area (Å²) in [5, 5.41) is 10.5. The van der Waals surface area contributed by atoms with Gasteiger partial charge in [0, 0.05) is 16.8 Å². The van der Waals surface area contributed by atoms with Crippen molar-refractivity contribution in [2.24, 2.45) is 0 Å². The van der Waals surface area contributed by atoms with E-state index < -0.39 is 0 Å². The summed E-state index contributed by atoms with van der Waals surface area (Å²) in [6.07, 6.45) is 0. The quantitative estimate of drug-likeness (QED) is 0.471. The van der Waals surface area contributed by atoms with Gasteiger partial charge in [-0.05, 0) is 43.7 Å². The highest BCUT2D eigenvalue weighted by Gasteiger charge is 2.18. The standard InChI is InChI=1S/C18H17ClN4S/c1-12(2)22-15-5-3-4-6-16(15)23-17(22)20-21-18(23)24-11-13-7-9-14(19)10-8-13/h3-10,12H,11H2,1-2H3. The third kappa shape index (κ3) is 2.58. The van der Waals surface area contributed by atoms with Gasteiger partial charge in [0.1, 0.15) is 0 Å². The SMILES string of the molecule is CC(C)n1c2ccccc2n2c(SCc3ccc(Cl)cc3)nnc12. The Hall–Kier alpha value is -1.98. The summed E-state index contributed by atoms with van der Waals surface area (Å²) in [5.74, 6) is 1.73. The molecule has 0 spiro atoms. The summed E-state index contributed by atoms with van der Waals surface area (Å²) in [7, 11) is 0. The van der Waals surface area contributed by atoms with E-state index in [1.807, 2.05) is 24.3 Å². The molecular weight excluding hydrogens is 340 g/mol. The van der Waals surface area contributed by atoms with Crippen LogP contribution in [0.1, 0.15) is 25.5 Å². The normalized spacial score (nSPS) is 11.8. The van der Waals surface area contributed by atoms with E-state index in [0.717, 1.165) is 27.2 Å². The first-order valence-corrected chi connectivity index (χ1v) is 9.23. The van der Waals surface area contributed by atoms with Gasteiger partial charge in [0.25, 0.3) is 0 Å². The molecule has 0 bridgehead atoms. The van der Waals surface area contributed by atoms with Crippen molar-refractivity contribution in [2.75, 3.05) is 0 Å². The Morgan fingerprint density at radius 2 is 1.71 bits per heavy atom. The average molecular weight is 357 g/mol. The second kappa shape index (κ2) is 6.15. The van der Waals surface area contributed by atoms with Crippen LogP contribution in [0.5, 0.6) is 0 Å². The van der Waals surface area contributed by atoms with Crippen LogP contribution in [0.4, 0.5) is 0 Å². The number of halogens is 1. The lowest BCUT2D eigenvalue weighted by atomic mass is 10.2. The zero-order valence-electron chi connectivity index (χ0n) is 13.5. The average Bonchev–Trinajstić information content (AvgIpc) is 3.12. The lowest BCUT2D eigenvalue weighted by Gasteiger charge is -2.07. The van der Waals surface area contributed by atoms with E-state index in [0.29, 0.717) is 6.04 Å². The fourth-order valence-electron chi connectivity index (χ4n) is 2.92. The first kappa shape index (κ1) is 15.5. The highest BCUT2D eigenvalue weighted by Crippen LogP contribution is 2.29. The summed E-state index contributed by atoms with van der Waals surface area (Å²) >= 11 is 7.64. The molecule has 0 saturated carbocycles. The number of aromatic nitrogens is 4. The predicted octanol–water partition coefficient (Wildman–Crippen LogP) is 5.21. The second-order valence-corrected chi connectivity index (χ2v) is 7.36. The molecule has 0 saturated heterocycles. The van der Waals surface area contributed by atoms with E-state index in [-0.39, 0.29) is 0 Å². The summed E-state index contributed by atoms with van der Waals surface area (Å²) < 4.78 is 4.38. The van der Waals surface area contributed by atoms with Gasteiger partial charge in [-0.3, -0.25) is 4.40 Å². The van der Waals surface area contributed by atoms with Crippen LogP contribution in [-0.2, 0) is 5.75 Å². The Kier molecular flexibility index (Phi) is 3.98. The molecule has 0 atom stereocenters. The third-order valence-corrected chi connectivity index (χ3v) is 5.26. The number of nitrogens with zero attached hydrogens (tertiary/aromatic N) is 4. The predicted molar refractivity (Wildman–Crippen MR) is 99.9 cm³/mol. The minimum atomic E-state index is 0.325. The van der Waals surface area contributed by atoms with Crippen molar-refractivity contribution in [1.29, 1.82) is 0 Å². The van der Waals surface area contributed by atoms with Crippen molar-refractivity contribution in [3.63, 3.8) is 0 Å². The Balaban J connectivity index is 1.76. The summed E-state index contributed by atoms with van der Waals surface area (Å²) in [6.45, 7) is 4.34. The number of para-hydroxylation sites is 2. The van der Waals surface area contributed by atoms with Crippen molar-refractivity contribution in [3.8, 4) is 0 Å². The van der Waals surface area contributed by atoms with E-state index >= 15 is 0 Å². The zero-order chi connectivity index (χ0) is 16.7. The largest absolute Gasteiger partial charge is 0.306 e. The summed E-state index contributed by atoms with van der Waals surface area (Å²) in [5.41, 5.74) is 3.55. The van der Waals surface area contributed by atoms with Gasteiger partial charge < -0.3 is 4.57 Å². The van der Waals surface area contributed by atoms with Gasteiger partial charge in [0.15, 0.2) is 5.16 Å². The monoisotopic (exact) mass is 356 g/mol. The van der Waals surface area contributed by atoms with Gasteiger partial charge >= 0.3 is 0 Å². The first-order chi connectivity index (χ1) is 11.6. The van der Waals surface area contributed by atoms with Crippen LogP contribution >= 0.6 is 23.4 Å². The molecule has 0 fully saturated rings. The molecule has 2 heterocycles. The minimum Gasteiger partial charge on any atom is -0.306 e. The topological polar surface area (TPSA) is 35.1 Å². The van der Waals surface area contributed by atoms with Gasteiger partial charge in [-0.2, -0.15) is 0 Å². The van der Waals surface area contributed by atoms with E-state index in [4.69, 9.17) is 11.6 Å². The molecule has 0 aliphatic rings. The highest BCUT2D eigenvalue weighted by atomic mass is 35.5. The minimum absolute atomic E-state index is 0.325. The van der Waals surface area contributed by atoms with E-state index in [9.17, 15) is 0 Å². The molecule has 0 aliphatic carbocycles. The van der Waals surface area contributed by atoms with Crippen LogP contribution in [0.3, 0.4) is 0 Å². The molecule has 6 heteroatoms. The number of benzene rings is 2. The van der Waals surface area contributed by atoms with Crippen molar-refractivity contribution < 1.29 is 0 Å². The fourth-order valence-corrected chi connectivity index (χ4v) is 3.95. The van der Waals surface area contributed by atoms with Gasteiger partial charge in [-0.15, -0.1) is 10.2 Å². The van der Waals surface area contributed by atoms with Crippen LogP contribution in [0.15, 0.2) is 53.7 Å². The number of fused-ring (bicyclic) bond motifs is 3. The lowest BCUT2D eigenvalue weighted by molar-refractivity contribution is 0.631. The molecule has 24 heavy (non-hydrogen) atoms. The number of hydrogen-bond acceptors (Lipinski definition) is 3. The van der Waals surface area contributed by atoms with Crippen LogP contribution < -0.4 is 0 Å². The van der Waals surface area contributed by atoms with E-state index in [1.165, 1.54) is 11.1 Å². The smallest absolute Gasteiger partial charge is 0.237 e. The van der Waals surface area contributed by atoms with Crippen LogP contribution in [0, 0.1) is 0 Å². The zero-order valence-corrected chi connectivity index (χ0v) is 15.1. The van der Waals surface area contributed by atoms with Crippen molar-refractivity contribution in [1.82, 2.24) is 19.2 Å². The highest BCUT2D eigenvalue weighted by molar-refractivity contribution is 7.98. The van der Waals surface area contributed by atoms with Crippen molar-refractivity contribution in [2.45, 2.75) is 30.8 Å². The molecule has 0 unspecified atom stereocenters. The number of imidazole rings is 1. The van der Waals surface area contributed by atoms with Gasteiger partial charge in [0.2, 0.25) is 5.78 Å². The molecule has 4 aromatic rings. The van der Waals surface area contributed by atoms with Gasteiger partial charge in [-0.1, -0.05) is 47.6 Å². The molecule has 0 aliphatic heterocycles. The molecule has 0 N–H and O–H groups in total. The molecule has 2 aromatic carbocycles. The van der Waals surface area contributed by atoms with Crippen molar-refractivity contribution >= 4 is 40.2 Å². The maximum Gasteiger partial charge on any atom is 0.237 e. The Morgan fingerprint density at radius 3 is 2.42 bits per heavy atom. The maximum absolute atomic E-state index is 5.95. The van der Waals surface area contributed by atoms with Crippen LogP contribution in [0.25, 0.3) is 16.8 Å². The second-order valence-electron chi connectivity index (χ2n) is 5.99. The molecule has 4 rings (SSSR count). The molecular formula is C18H17ClN4S. The molecule has 0 amide bonds. The molecule has 4 nitrogen and oxygen atoms in total. The first-order valence-electron chi connectivity index (χ1n) is 7.86. The van der Waals surface area contributed by atoms with Crippen LogP contribution in [-0.4, -0.2) is 19.2 Å². The summed E-state index contributed by atoms with van der Waals surface area (Å²) in [6, 6.07) is 16.6. The number of rotatable bonds is 4. The van der Waals surface area contributed by atoms with Crippen molar-refractivity contribution in [3.05, 3.63) is 59.1 Å². The van der Waals surface area contributed by atoms with E-state index in [2.05, 4.69) is 57.3 Å². The Labute approximate surface area is 149 Å². The number of hydrogen-bond donors (Lipinski definition) is 0. The maximum atomic E-state index is 5.95. The van der Waals surface area contributed by atoms with Crippen LogP contribution in [0.2, 0.25) is 5.02 Å². The molecule has 0 radical (unpaired) electrons. The van der Waals surface area contributed by atoms with Gasteiger partial charge in [-0.25, -0.2) is 0 Å². The van der Waals surface area contributed by atoms with Gasteiger partial charge in [0.05, 0.1) is 11.0 Å². The Bertz CT molecular complexity index is 1000. The molecule has 2 aromatic heterocycles. The fraction of sp³-hybridized carbons (Fsp3) is 0.222. The Morgan fingerprint density at radius 1 is 1.00 bits per heavy atom. The lowest BCUT2D eigenvalue weighted by Crippen LogP contribution is -2.00. The number of thioether (sulfide) groups is 1. The summed E-state index contributed by atoms with van der Waals surface area (Å²) in [4.78, 5) is 0.